The zero-order valence-electron chi connectivity index (χ0n) is 6.81. The van der Waals surface area contributed by atoms with Gasteiger partial charge in [-0.1, -0.05) is 27.5 Å². The van der Waals surface area contributed by atoms with Crippen LogP contribution in [0.15, 0.2) is 22.7 Å². The van der Waals surface area contributed by atoms with Gasteiger partial charge in [0, 0.05) is 16.6 Å². The van der Waals surface area contributed by atoms with E-state index in [1.54, 1.807) is 7.11 Å². The van der Waals surface area contributed by atoms with Crippen molar-refractivity contribution in [2.24, 2.45) is 0 Å². The molecule has 12 heavy (non-hydrogen) atoms. The Bertz CT molecular complexity index is 263. The van der Waals surface area contributed by atoms with Crippen LogP contribution in [0, 0.1) is 0 Å². The van der Waals surface area contributed by atoms with Crippen molar-refractivity contribution < 1.29 is 4.74 Å². The maximum absolute atomic E-state index is 5.96. The molecule has 0 amide bonds. The highest BCUT2D eigenvalue weighted by Gasteiger charge is 1.99. The second kappa shape index (κ2) is 4.85. The number of halogens is 2. The van der Waals surface area contributed by atoms with Crippen molar-refractivity contribution in [2.45, 2.75) is 6.42 Å². The Hall–Kier alpha value is -0.0500. The van der Waals surface area contributed by atoms with Gasteiger partial charge < -0.3 is 4.74 Å². The number of ether oxygens (including phenoxy) is 1. The first-order valence-corrected chi connectivity index (χ1v) is 4.84. The minimum absolute atomic E-state index is 0.705. The zero-order chi connectivity index (χ0) is 8.97. The van der Waals surface area contributed by atoms with Gasteiger partial charge in [-0.15, -0.1) is 0 Å². The Labute approximate surface area is 85.8 Å². The Morgan fingerprint density at radius 1 is 1.50 bits per heavy atom. The van der Waals surface area contributed by atoms with Gasteiger partial charge in [0.15, 0.2) is 0 Å². The summed E-state index contributed by atoms with van der Waals surface area (Å²) in [5.41, 5.74) is 1.12. The van der Waals surface area contributed by atoms with Crippen LogP contribution < -0.4 is 0 Å². The summed E-state index contributed by atoms with van der Waals surface area (Å²) in [6.07, 6.45) is 0.856. The van der Waals surface area contributed by atoms with Crippen LogP contribution in [0.2, 0.25) is 5.02 Å². The molecule has 0 heterocycles. The normalized spacial score (nSPS) is 10.2. The summed E-state index contributed by atoms with van der Waals surface area (Å²) in [5, 5.41) is 0.801. The van der Waals surface area contributed by atoms with Crippen LogP contribution in [-0.4, -0.2) is 13.7 Å². The fourth-order valence-corrected chi connectivity index (χ4v) is 1.57. The van der Waals surface area contributed by atoms with Crippen LogP contribution in [0.4, 0.5) is 0 Å². The number of hydrogen-bond donors (Lipinski definition) is 0. The molecule has 1 aromatic carbocycles. The van der Waals surface area contributed by atoms with Crippen LogP contribution in [-0.2, 0) is 11.2 Å². The van der Waals surface area contributed by atoms with E-state index in [0.717, 1.165) is 21.5 Å². The van der Waals surface area contributed by atoms with E-state index in [4.69, 9.17) is 16.3 Å². The fraction of sp³-hybridized carbons (Fsp3) is 0.333. The summed E-state index contributed by atoms with van der Waals surface area (Å²) in [5.74, 6) is 0. The van der Waals surface area contributed by atoms with Gasteiger partial charge in [-0.25, -0.2) is 0 Å². The molecule has 0 saturated carbocycles. The molecule has 0 saturated heterocycles. The molecule has 0 fully saturated rings. The first-order valence-electron chi connectivity index (χ1n) is 3.67. The molecule has 0 aromatic heterocycles. The molecule has 0 radical (unpaired) electrons. The second-order valence-electron chi connectivity index (χ2n) is 2.48. The van der Waals surface area contributed by atoms with Crippen molar-refractivity contribution in [1.82, 2.24) is 0 Å². The van der Waals surface area contributed by atoms with Gasteiger partial charge in [-0.05, 0) is 30.2 Å². The molecule has 1 nitrogen and oxygen atoms in total. The number of rotatable bonds is 3. The molecule has 1 aromatic rings. The molecule has 66 valence electrons. The van der Waals surface area contributed by atoms with Crippen LogP contribution in [0.5, 0.6) is 0 Å². The van der Waals surface area contributed by atoms with Crippen LogP contribution >= 0.6 is 27.5 Å². The van der Waals surface area contributed by atoms with E-state index in [0.29, 0.717) is 6.61 Å². The number of methoxy groups -OCH3 is 1. The smallest absolute Gasteiger partial charge is 0.0503 e. The number of hydrogen-bond acceptors (Lipinski definition) is 1. The highest BCUT2D eigenvalue weighted by atomic mass is 79.9. The molecular weight excluding hydrogens is 239 g/mol. The third-order valence-corrected chi connectivity index (χ3v) is 2.45. The predicted octanol–water partition coefficient (Wildman–Crippen LogP) is 3.29. The lowest BCUT2D eigenvalue weighted by Gasteiger charge is -2.03. The maximum atomic E-state index is 5.96. The lowest BCUT2D eigenvalue weighted by atomic mass is 10.2. The van der Waals surface area contributed by atoms with Gasteiger partial charge >= 0.3 is 0 Å². The van der Waals surface area contributed by atoms with Crippen LogP contribution in [0.1, 0.15) is 5.56 Å². The molecule has 0 aliphatic rings. The van der Waals surface area contributed by atoms with E-state index in [-0.39, 0.29) is 0 Å². The predicted molar refractivity (Wildman–Crippen MR) is 54.7 cm³/mol. The lowest BCUT2D eigenvalue weighted by molar-refractivity contribution is 0.202. The van der Waals surface area contributed by atoms with E-state index in [2.05, 4.69) is 15.9 Å². The summed E-state index contributed by atoms with van der Waals surface area (Å²) in [6, 6.07) is 5.83. The zero-order valence-corrected chi connectivity index (χ0v) is 9.15. The molecule has 1 rings (SSSR count). The van der Waals surface area contributed by atoms with Crippen molar-refractivity contribution >= 4 is 27.5 Å². The number of benzene rings is 1. The van der Waals surface area contributed by atoms with E-state index in [1.165, 1.54) is 0 Å². The summed E-state index contributed by atoms with van der Waals surface area (Å²) < 4.78 is 6.02. The first kappa shape index (κ1) is 10.0. The molecule has 0 aliphatic carbocycles. The topological polar surface area (TPSA) is 9.23 Å². The maximum Gasteiger partial charge on any atom is 0.0503 e. The van der Waals surface area contributed by atoms with Crippen molar-refractivity contribution in [1.29, 1.82) is 0 Å². The highest BCUT2D eigenvalue weighted by Crippen LogP contribution is 2.21. The van der Waals surface area contributed by atoms with Gasteiger partial charge in [-0.3, -0.25) is 0 Å². The summed E-state index contributed by atoms with van der Waals surface area (Å²) >= 11 is 9.34. The summed E-state index contributed by atoms with van der Waals surface area (Å²) in [7, 11) is 1.69. The van der Waals surface area contributed by atoms with Crippen molar-refractivity contribution in [3.05, 3.63) is 33.3 Å². The molecule has 0 spiro atoms. The van der Waals surface area contributed by atoms with Gasteiger partial charge in [0.05, 0.1) is 6.61 Å². The van der Waals surface area contributed by atoms with Gasteiger partial charge in [0.2, 0.25) is 0 Å². The minimum Gasteiger partial charge on any atom is -0.384 e. The largest absolute Gasteiger partial charge is 0.384 e. The van der Waals surface area contributed by atoms with E-state index >= 15 is 0 Å². The van der Waals surface area contributed by atoms with Gasteiger partial charge in [0.25, 0.3) is 0 Å². The Balaban J connectivity index is 2.75. The first-order chi connectivity index (χ1) is 5.74. The third-order valence-electron chi connectivity index (χ3n) is 1.58. The molecule has 0 N–H and O–H groups in total. The molecule has 3 heteroatoms. The molecule has 0 unspecified atom stereocenters. The average Bonchev–Trinajstić information content (AvgIpc) is 2.07. The van der Waals surface area contributed by atoms with Gasteiger partial charge in [0.1, 0.15) is 0 Å². The second-order valence-corrected chi connectivity index (χ2v) is 3.80. The quantitative estimate of drug-likeness (QED) is 0.799. The molecular formula is C9H10BrClO. The third kappa shape index (κ3) is 2.77. The Kier molecular flexibility index (Phi) is 4.06. The van der Waals surface area contributed by atoms with E-state index in [9.17, 15) is 0 Å². The average molecular weight is 250 g/mol. The van der Waals surface area contributed by atoms with Crippen LogP contribution in [0.3, 0.4) is 0 Å². The molecule has 0 aliphatic heterocycles. The fourth-order valence-electron chi connectivity index (χ4n) is 0.947. The lowest BCUT2D eigenvalue weighted by Crippen LogP contribution is -1.94. The van der Waals surface area contributed by atoms with Crippen LogP contribution in [0.25, 0.3) is 0 Å². The van der Waals surface area contributed by atoms with E-state index < -0.39 is 0 Å². The molecule has 0 bridgehead atoms. The van der Waals surface area contributed by atoms with Crippen molar-refractivity contribution in [3.63, 3.8) is 0 Å². The Morgan fingerprint density at radius 3 is 2.92 bits per heavy atom. The van der Waals surface area contributed by atoms with Gasteiger partial charge in [-0.2, -0.15) is 0 Å². The standard InChI is InChI=1S/C9H10BrClO/c1-12-5-4-7-6-8(10)2-3-9(7)11/h2-3,6H,4-5H2,1H3. The SMILES string of the molecule is COCCc1cc(Br)ccc1Cl. The monoisotopic (exact) mass is 248 g/mol. The highest BCUT2D eigenvalue weighted by molar-refractivity contribution is 9.10. The Morgan fingerprint density at radius 2 is 2.25 bits per heavy atom. The summed E-state index contributed by atoms with van der Waals surface area (Å²) in [4.78, 5) is 0. The molecule has 0 atom stereocenters. The van der Waals surface area contributed by atoms with E-state index in [1.807, 2.05) is 18.2 Å². The minimum atomic E-state index is 0.705. The van der Waals surface area contributed by atoms with Crippen molar-refractivity contribution in [2.75, 3.05) is 13.7 Å². The summed E-state index contributed by atoms with van der Waals surface area (Å²) in [6.45, 7) is 0.705. The van der Waals surface area contributed by atoms with Crippen molar-refractivity contribution in [3.8, 4) is 0 Å².